The highest BCUT2D eigenvalue weighted by molar-refractivity contribution is 7.99. The molecule has 0 aliphatic heterocycles. The first kappa shape index (κ1) is 15.3. The van der Waals surface area contributed by atoms with Gasteiger partial charge in [0.15, 0.2) is 0 Å². The minimum absolute atomic E-state index is 0.311. The molecule has 0 spiro atoms. The largest absolute Gasteiger partial charge is 0.395 e. The lowest BCUT2D eigenvalue weighted by molar-refractivity contribution is -0.196. The van der Waals surface area contributed by atoms with Crippen LogP contribution in [-0.2, 0) is 0 Å². The van der Waals surface area contributed by atoms with Crippen molar-refractivity contribution in [3.05, 3.63) is 29.8 Å². The second kappa shape index (κ2) is 6.45. The number of aryl methyl sites for hydroxylation is 1. The van der Waals surface area contributed by atoms with Crippen LogP contribution in [0, 0.1) is 12.8 Å². The molecule has 1 aromatic rings. The molecule has 1 unspecified atom stereocenters. The maximum atomic E-state index is 12.6. The van der Waals surface area contributed by atoms with Crippen molar-refractivity contribution in [1.29, 1.82) is 0 Å². The third-order valence-electron chi connectivity index (χ3n) is 2.52. The molecule has 18 heavy (non-hydrogen) atoms. The number of alkyl halides is 3. The van der Waals surface area contributed by atoms with Gasteiger partial charge in [0.1, 0.15) is 0 Å². The van der Waals surface area contributed by atoms with Crippen molar-refractivity contribution in [3.63, 3.8) is 0 Å². The van der Waals surface area contributed by atoms with Gasteiger partial charge in [-0.25, -0.2) is 0 Å². The Balaban J connectivity index is 2.65. The Morgan fingerprint density at radius 2 is 1.78 bits per heavy atom. The van der Waals surface area contributed by atoms with Gasteiger partial charge in [0.2, 0.25) is 0 Å². The fourth-order valence-corrected chi connectivity index (χ4v) is 2.48. The van der Waals surface area contributed by atoms with Gasteiger partial charge in [-0.15, -0.1) is 11.8 Å². The van der Waals surface area contributed by atoms with Crippen molar-refractivity contribution in [3.8, 4) is 0 Å². The standard InChI is InChI=1S/C12H15F3O2S/c1-8-2-4-9(5-3-8)18-7-10(11(17)6-16)12(13,14)15/h2-5,10-11,16-17H,6-7H2,1H3/t10-,11?/m1/s1. The van der Waals surface area contributed by atoms with Gasteiger partial charge >= 0.3 is 6.18 Å². The number of aliphatic hydroxyl groups excluding tert-OH is 2. The van der Waals surface area contributed by atoms with Gasteiger partial charge in [-0.05, 0) is 19.1 Å². The van der Waals surface area contributed by atoms with Crippen molar-refractivity contribution < 1.29 is 23.4 Å². The minimum Gasteiger partial charge on any atom is -0.394 e. The molecule has 0 radical (unpaired) electrons. The lowest BCUT2D eigenvalue weighted by Crippen LogP contribution is -2.38. The monoisotopic (exact) mass is 280 g/mol. The Kier molecular flexibility index (Phi) is 5.49. The predicted octanol–water partition coefficient (Wildman–Crippen LogP) is 2.62. The van der Waals surface area contributed by atoms with Crippen LogP contribution in [-0.4, -0.2) is 34.9 Å². The van der Waals surface area contributed by atoms with E-state index in [0.717, 1.165) is 17.3 Å². The van der Waals surface area contributed by atoms with Crippen LogP contribution in [0.15, 0.2) is 29.2 Å². The van der Waals surface area contributed by atoms with Gasteiger partial charge in [-0.1, -0.05) is 17.7 Å². The van der Waals surface area contributed by atoms with E-state index < -0.39 is 24.8 Å². The van der Waals surface area contributed by atoms with Gasteiger partial charge in [0.25, 0.3) is 0 Å². The lowest BCUT2D eigenvalue weighted by atomic mass is 10.1. The minimum atomic E-state index is -4.51. The molecule has 0 aliphatic carbocycles. The van der Waals surface area contributed by atoms with Crippen LogP contribution in [0.1, 0.15) is 5.56 Å². The zero-order valence-electron chi connectivity index (χ0n) is 9.81. The number of rotatable bonds is 5. The highest BCUT2D eigenvalue weighted by Gasteiger charge is 2.43. The van der Waals surface area contributed by atoms with E-state index >= 15 is 0 Å². The second-order valence-corrected chi connectivity index (χ2v) is 5.12. The molecular formula is C12H15F3O2S. The van der Waals surface area contributed by atoms with E-state index in [1.807, 2.05) is 19.1 Å². The Morgan fingerprint density at radius 3 is 2.22 bits per heavy atom. The number of hydrogen-bond donors (Lipinski definition) is 2. The third-order valence-corrected chi connectivity index (χ3v) is 3.65. The average molecular weight is 280 g/mol. The smallest absolute Gasteiger partial charge is 0.394 e. The number of halogens is 3. The molecule has 102 valence electrons. The van der Waals surface area contributed by atoms with Crippen molar-refractivity contribution >= 4 is 11.8 Å². The number of benzene rings is 1. The van der Waals surface area contributed by atoms with Gasteiger partial charge in [0.05, 0.1) is 18.6 Å². The molecule has 0 aliphatic rings. The molecule has 0 aromatic heterocycles. The highest BCUT2D eigenvalue weighted by Crippen LogP contribution is 2.33. The number of thioether (sulfide) groups is 1. The van der Waals surface area contributed by atoms with E-state index in [0.29, 0.717) is 4.90 Å². The van der Waals surface area contributed by atoms with Crippen molar-refractivity contribution in [2.75, 3.05) is 12.4 Å². The summed E-state index contributed by atoms with van der Waals surface area (Å²) in [7, 11) is 0. The average Bonchev–Trinajstić information content (AvgIpc) is 2.29. The van der Waals surface area contributed by atoms with Crippen LogP contribution in [0.2, 0.25) is 0 Å². The molecule has 0 saturated carbocycles. The SMILES string of the molecule is Cc1ccc(SC[C@H](C(O)CO)C(F)(F)F)cc1. The van der Waals surface area contributed by atoms with Gasteiger partial charge in [-0.2, -0.15) is 13.2 Å². The molecule has 0 bridgehead atoms. The van der Waals surface area contributed by atoms with Crippen molar-refractivity contribution in [2.45, 2.75) is 24.1 Å². The molecule has 6 heteroatoms. The van der Waals surface area contributed by atoms with E-state index in [-0.39, 0.29) is 5.75 Å². The van der Waals surface area contributed by atoms with Gasteiger partial charge < -0.3 is 10.2 Å². The van der Waals surface area contributed by atoms with Crippen LogP contribution in [0.4, 0.5) is 13.2 Å². The number of hydrogen-bond acceptors (Lipinski definition) is 3. The van der Waals surface area contributed by atoms with E-state index in [4.69, 9.17) is 5.11 Å². The van der Waals surface area contributed by atoms with E-state index in [1.54, 1.807) is 12.1 Å². The van der Waals surface area contributed by atoms with Crippen LogP contribution in [0.3, 0.4) is 0 Å². The summed E-state index contributed by atoms with van der Waals surface area (Å²) in [6, 6.07) is 7.10. The van der Waals surface area contributed by atoms with Gasteiger partial charge in [0, 0.05) is 10.6 Å². The summed E-state index contributed by atoms with van der Waals surface area (Å²) < 4.78 is 37.9. The Bertz CT molecular complexity index is 365. The summed E-state index contributed by atoms with van der Waals surface area (Å²) >= 11 is 1.02. The van der Waals surface area contributed by atoms with Crippen LogP contribution >= 0.6 is 11.8 Å². The molecule has 0 heterocycles. The molecule has 1 aromatic carbocycles. The van der Waals surface area contributed by atoms with Crippen molar-refractivity contribution in [1.82, 2.24) is 0 Å². The van der Waals surface area contributed by atoms with Crippen molar-refractivity contribution in [2.24, 2.45) is 5.92 Å². The Morgan fingerprint density at radius 1 is 1.22 bits per heavy atom. The molecule has 1 rings (SSSR count). The normalized spacial score (nSPS) is 15.4. The zero-order chi connectivity index (χ0) is 13.8. The maximum Gasteiger partial charge on any atom is 0.395 e. The summed E-state index contributed by atoms with van der Waals surface area (Å²) in [4.78, 5) is 0.708. The first-order chi connectivity index (χ1) is 8.34. The maximum absolute atomic E-state index is 12.6. The topological polar surface area (TPSA) is 40.5 Å². The lowest BCUT2D eigenvalue weighted by Gasteiger charge is -2.23. The molecule has 2 N–H and O–H groups in total. The highest BCUT2D eigenvalue weighted by atomic mass is 32.2. The quantitative estimate of drug-likeness (QED) is 0.815. The Labute approximate surface area is 108 Å². The third kappa shape index (κ3) is 4.51. The number of aliphatic hydroxyl groups is 2. The van der Waals surface area contributed by atoms with E-state index in [2.05, 4.69) is 0 Å². The predicted molar refractivity (Wildman–Crippen MR) is 64.5 cm³/mol. The molecule has 2 nitrogen and oxygen atoms in total. The molecule has 2 atom stereocenters. The fourth-order valence-electron chi connectivity index (χ4n) is 1.37. The summed E-state index contributed by atoms with van der Waals surface area (Å²) in [5, 5.41) is 17.8. The molecular weight excluding hydrogens is 265 g/mol. The summed E-state index contributed by atoms with van der Waals surface area (Å²) in [6.45, 7) is 1.00. The summed E-state index contributed by atoms with van der Waals surface area (Å²) in [6.07, 6.45) is -6.29. The fraction of sp³-hybridized carbons (Fsp3) is 0.500. The first-order valence-electron chi connectivity index (χ1n) is 5.39. The van der Waals surface area contributed by atoms with E-state index in [1.165, 1.54) is 0 Å². The molecule has 0 fully saturated rings. The molecule has 0 amide bonds. The zero-order valence-corrected chi connectivity index (χ0v) is 10.6. The second-order valence-electron chi connectivity index (χ2n) is 4.02. The van der Waals surface area contributed by atoms with E-state index in [9.17, 15) is 18.3 Å². The van der Waals surface area contributed by atoms with Gasteiger partial charge in [-0.3, -0.25) is 0 Å². The Hall–Kier alpha value is -0.720. The first-order valence-corrected chi connectivity index (χ1v) is 6.38. The van der Waals surface area contributed by atoms with Crippen LogP contribution in [0.25, 0.3) is 0 Å². The summed E-state index contributed by atoms with van der Waals surface area (Å²) in [5.74, 6) is -2.23. The van der Waals surface area contributed by atoms with Crippen LogP contribution in [0.5, 0.6) is 0 Å². The summed E-state index contributed by atoms with van der Waals surface area (Å²) in [5.41, 5.74) is 1.03. The molecule has 0 saturated heterocycles. The van der Waals surface area contributed by atoms with Crippen LogP contribution < -0.4 is 0 Å².